The summed E-state index contributed by atoms with van der Waals surface area (Å²) in [6.45, 7) is 0.867. The first kappa shape index (κ1) is 14.7. The maximum absolute atomic E-state index is 4.45. The summed E-state index contributed by atoms with van der Waals surface area (Å²) in [7, 11) is 0. The molecule has 3 rings (SSSR count). The lowest BCUT2D eigenvalue weighted by Gasteiger charge is -2.06. The van der Waals surface area contributed by atoms with E-state index in [2.05, 4.69) is 70.2 Å². The summed E-state index contributed by atoms with van der Waals surface area (Å²) in [5, 5.41) is 1.06. The molecule has 3 heteroatoms. The van der Waals surface area contributed by atoms with Gasteiger partial charge in [0.15, 0.2) is 5.16 Å². The summed E-state index contributed by atoms with van der Waals surface area (Å²) in [5.41, 5.74) is 2.53. The zero-order chi connectivity index (χ0) is 15.0. The maximum Gasteiger partial charge on any atom is 0.168 e. The third-order valence-electron chi connectivity index (χ3n) is 3.29. The second kappa shape index (κ2) is 7.66. The zero-order valence-electron chi connectivity index (χ0n) is 12.3. The molecule has 0 bridgehead atoms. The highest BCUT2D eigenvalue weighted by atomic mass is 32.2. The molecule has 0 aliphatic heterocycles. The number of imidazole rings is 1. The highest BCUT2D eigenvalue weighted by molar-refractivity contribution is 7.99. The van der Waals surface area contributed by atoms with Gasteiger partial charge in [-0.05, 0) is 11.1 Å². The molecule has 0 saturated heterocycles. The van der Waals surface area contributed by atoms with Crippen LogP contribution in [0, 0.1) is 0 Å². The quantitative estimate of drug-likeness (QED) is 0.612. The van der Waals surface area contributed by atoms with Crippen molar-refractivity contribution in [1.29, 1.82) is 0 Å². The van der Waals surface area contributed by atoms with Crippen LogP contribution < -0.4 is 0 Å². The van der Waals surface area contributed by atoms with Crippen molar-refractivity contribution < 1.29 is 0 Å². The van der Waals surface area contributed by atoms with Gasteiger partial charge in [0.2, 0.25) is 0 Å². The fraction of sp³-hybridized carbons (Fsp3) is 0.105. The Morgan fingerprint density at radius 2 is 1.68 bits per heavy atom. The number of thioether (sulfide) groups is 1. The summed E-state index contributed by atoms with van der Waals surface area (Å²) in [6.07, 6.45) is 8.24. The molecule has 2 aromatic carbocycles. The van der Waals surface area contributed by atoms with Crippen LogP contribution in [-0.2, 0) is 6.54 Å². The monoisotopic (exact) mass is 306 g/mol. The number of aromatic nitrogens is 2. The number of hydrogen-bond acceptors (Lipinski definition) is 2. The van der Waals surface area contributed by atoms with Gasteiger partial charge in [0.1, 0.15) is 0 Å². The van der Waals surface area contributed by atoms with E-state index in [1.165, 1.54) is 11.1 Å². The molecule has 0 aliphatic carbocycles. The predicted molar refractivity (Wildman–Crippen MR) is 94.0 cm³/mol. The molecule has 0 saturated carbocycles. The normalized spacial score (nSPS) is 11.1. The molecule has 22 heavy (non-hydrogen) atoms. The Labute approximate surface area is 135 Å². The second-order valence-corrected chi connectivity index (χ2v) is 5.93. The standard InChI is InChI=1S/C19H18N2S/c1-3-8-17(9-4-1)12-7-15-22-19-20-13-14-21(19)16-18-10-5-2-6-11-18/h1-14H,15-16H2/b12-7+. The third-order valence-corrected chi connectivity index (χ3v) is 4.25. The SMILES string of the molecule is C(=C\c1ccccc1)/CSc1nccn1Cc1ccccc1. The highest BCUT2D eigenvalue weighted by Crippen LogP contribution is 2.17. The largest absolute Gasteiger partial charge is 0.322 e. The summed E-state index contributed by atoms with van der Waals surface area (Å²) in [4.78, 5) is 4.45. The van der Waals surface area contributed by atoms with Crippen LogP contribution in [0.1, 0.15) is 11.1 Å². The predicted octanol–water partition coefficient (Wildman–Crippen LogP) is 4.74. The minimum Gasteiger partial charge on any atom is -0.322 e. The van der Waals surface area contributed by atoms with Crippen LogP contribution in [0.4, 0.5) is 0 Å². The second-order valence-electron chi connectivity index (χ2n) is 4.95. The Morgan fingerprint density at radius 3 is 2.45 bits per heavy atom. The van der Waals surface area contributed by atoms with Crippen LogP contribution in [0.3, 0.4) is 0 Å². The van der Waals surface area contributed by atoms with Gasteiger partial charge in [0.05, 0.1) is 0 Å². The van der Waals surface area contributed by atoms with Crippen molar-refractivity contribution in [3.8, 4) is 0 Å². The molecule has 1 aromatic heterocycles. The Hall–Kier alpha value is -2.26. The van der Waals surface area contributed by atoms with Gasteiger partial charge in [-0.25, -0.2) is 4.98 Å². The molecule has 3 aromatic rings. The van der Waals surface area contributed by atoms with Crippen LogP contribution in [0.2, 0.25) is 0 Å². The molecule has 0 aliphatic rings. The number of rotatable bonds is 6. The highest BCUT2D eigenvalue weighted by Gasteiger charge is 2.03. The third kappa shape index (κ3) is 4.12. The average molecular weight is 306 g/mol. The molecule has 0 atom stereocenters. The van der Waals surface area contributed by atoms with E-state index in [1.807, 2.05) is 24.5 Å². The minimum atomic E-state index is 0.867. The van der Waals surface area contributed by atoms with E-state index >= 15 is 0 Å². The topological polar surface area (TPSA) is 17.8 Å². The number of benzene rings is 2. The van der Waals surface area contributed by atoms with Gasteiger partial charge in [0.25, 0.3) is 0 Å². The van der Waals surface area contributed by atoms with E-state index in [-0.39, 0.29) is 0 Å². The first-order chi connectivity index (χ1) is 10.9. The van der Waals surface area contributed by atoms with Crippen molar-refractivity contribution in [2.45, 2.75) is 11.7 Å². The van der Waals surface area contributed by atoms with Crippen molar-refractivity contribution in [3.63, 3.8) is 0 Å². The Kier molecular flexibility index (Phi) is 5.11. The molecule has 1 heterocycles. The lowest BCUT2D eigenvalue weighted by Crippen LogP contribution is -2.00. The first-order valence-corrected chi connectivity index (χ1v) is 8.30. The molecule has 110 valence electrons. The van der Waals surface area contributed by atoms with Gasteiger partial charge < -0.3 is 4.57 Å². The maximum atomic E-state index is 4.45. The van der Waals surface area contributed by atoms with Gasteiger partial charge in [-0.2, -0.15) is 0 Å². The van der Waals surface area contributed by atoms with Crippen LogP contribution in [-0.4, -0.2) is 15.3 Å². The minimum absolute atomic E-state index is 0.867. The molecule has 0 unspecified atom stereocenters. The summed E-state index contributed by atoms with van der Waals surface area (Å²) in [5.74, 6) is 0.917. The van der Waals surface area contributed by atoms with Crippen molar-refractivity contribution in [1.82, 2.24) is 9.55 Å². The lowest BCUT2D eigenvalue weighted by molar-refractivity contribution is 0.709. The molecule has 0 spiro atoms. The van der Waals surface area contributed by atoms with Crippen molar-refractivity contribution in [2.75, 3.05) is 5.75 Å². The zero-order valence-corrected chi connectivity index (χ0v) is 13.1. The van der Waals surface area contributed by atoms with E-state index in [0.717, 1.165) is 17.5 Å². The van der Waals surface area contributed by atoms with Crippen molar-refractivity contribution in [2.24, 2.45) is 0 Å². The van der Waals surface area contributed by atoms with E-state index in [1.54, 1.807) is 11.8 Å². The number of hydrogen-bond donors (Lipinski definition) is 0. The molecule has 0 amide bonds. The smallest absolute Gasteiger partial charge is 0.168 e. The molecular formula is C19H18N2S. The van der Waals surface area contributed by atoms with E-state index in [4.69, 9.17) is 0 Å². The summed E-state index contributed by atoms with van der Waals surface area (Å²) < 4.78 is 2.19. The van der Waals surface area contributed by atoms with E-state index in [0.29, 0.717) is 0 Å². The molecule has 2 nitrogen and oxygen atoms in total. The van der Waals surface area contributed by atoms with Gasteiger partial charge in [-0.1, -0.05) is 84.6 Å². The van der Waals surface area contributed by atoms with E-state index < -0.39 is 0 Å². The van der Waals surface area contributed by atoms with Gasteiger partial charge in [0, 0.05) is 24.7 Å². The fourth-order valence-corrected chi connectivity index (χ4v) is 2.98. The molecule has 0 radical (unpaired) electrons. The van der Waals surface area contributed by atoms with E-state index in [9.17, 15) is 0 Å². The average Bonchev–Trinajstić information content (AvgIpc) is 3.01. The van der Waals surface area contributed by atoms with Crippen molar-refractivity contribution in [3.05, 3.63) is 90.3 Å². The molecule has 0 fully saturated rings. The lowest BCUT2D eigenvalue weighted by atomic mass is 10.2. The Bertz CT molecular complexity index is 717. The van der Waals surface area contributed by atoms with Crippen molar-refractivity contribution >= 4 is 17.8 Å². The van der Waals surface area contributed by atoms with Crippen LogP contribution in [0.25, 0.3) is 6.08 Å². The summed E-state index contributed by atoms with van der Waals surface area (Å²) >= 11 is 1.76. The molecular weight excluding hydrogens is 288 g/mol. The van der Waals surface area contributed by atoms with Gasteiger partial charge >= 0.3 is 0 Å². The van der Waals surface area contributed by atoms with Gasteiger partial charge in [-0.3, -0.25) is 0 Å². The van der Waals surface area contributed by atoms with Gasteiger partial charge in [-0.15, -0.1) is 0 Å². The number of nitrogens with zero attached hydrogens (tertiary/aromatic N) is 2. The Balaban J connectivity index is 1.57. The fourth-order valence-electron chi connectivity index (χ4n) is 2.21. The summed E-state index contributed by atoms with van der Waals surface area (Å²) in [6, 6.07) is 20.8. The van der Waals surface area contributed by atoms with Crippen LogP contribution in [0.15, 0.2) is 84.3 Å². The van der Waals surface area contributed by atoms with Crippen LogP contribution in [0.5, 0.6) is 0 Å². The molecule has 0 N–H and O–H groups in total. The first-order valence-electron chi connectivity index (χ1n) is 7.31. The van der Waals surface area contributed by atoms with Crippen LogP contribution >= 0.6 is 11.8 Å². The Morgan fingerprint density at radius 1 is 0.955 bits per heavy atom.